The highest BCUT2D eigenvalue weighted by molar-refractivity contribution is 5.32. The van der Waals surface area contributed by atoms with Crippen molar-refractivity contribution in [3.63, 3.8) is 0 Å². The second-order valence-corrected chi connectivity index (χ2v) is 7.27. The molecule has 1 aromatic carbocycles. The van der Waals surface area contributed by atoms with E-state index in [1.807, 2.05) is 0 Å². The molecule has 0 spiro atoms. The van der Waals surface area contributed by atoms with Gasteiger partial charge in [0.2, 0.25) is 0 Å². The summed E-state index contributed by atoms with van der Waals surface area (Å²) in [7, 11) is 2.12. The minimum atomic E-state index is 0.405. The fourth-order valence-corrected chi connectivity index (χ4v) is 3.49. The normalized spacial score (nSPS) is 20.9. The lowest BCUT2D eigenvalue weighted by Crippen LogP contribution is -2.32. The summed E-state index contributed by atoms with van der Waals surface area (Å²) in [6.07, 6.45) is 6.52. The van der Waals surface area contributed by atoms with Crippen LogP contribution in [0, 0.1) is 5.41 Å². The maximum Gasteiger partial charge on any atom is 0.00748 e. The largest absolute Gasteiger partial charge is 0.317 e. The molecule has 0 fully saturated rings. The Morgan fingerprint density at radius 3 is 2.68 bits per heavy atom. The van der Waals surface area contributed by atoms with Crippen LogP contribution in [0.2, 0.25) is 0 Å². The summed E-state index contributed by atoms with van der Waals surface area (Å²) in [4.78, 5) is 0. The molecule has 1 N–H and O–H groups in total. The van der Waals surface area contributed by atoms with E-state index >= 15 is 0 Å². The Kier molecular flexibility index (Phi) is 4.67. The molecule has 0 radical (unpaired) electrons. The standard InChI is InChI=1S/C18H29N/c1-18(2,3)13-16(19-4)12-15-10-7-9-14-8-5-6-11-17(14)15/h5-6,8,11,15-16,19H,7,9-10,12-13H2,1-4H3. The molecule has 0 amide bonds. The van der Waals surface area contributed by atoms with Gasteiger partial charge in [-0.15, -0.1) is 0 Å². The maximum absolute atomic E-state index is 3.54. The molecular formula is C18H29N. The van der Waals surface area contributed by atoms with Gasteiger partial charge in [-0.2, -0.15) is 0 Å². The summed E-state index contributed by atoms with van der Waals surface area (Å²) < 4.78 is 0. The van der Waals surface area contributed by atoms with Gasteiger partial charge in [0, 0.05) is 6.04 Å². The minimum absolute atomic E-state index is 0.405. The molecule has 106 valence electrons. The number of fused-ring (bicyclic) bond motifs is 1. The summed E-state index contributed by atoms with van der Waals surface area (Å²) in [6, 6.07) is 9.69. The molecule has 1 aromatic rings. The molecule has 0 bridgehead atoms. The molecule has 0 saturated carbocycles. The van der Waals surface area contributed by atoms with E-state index in [1.54, 1.807) is 11.1 Å². The Hall–Kier alpha value is -0.820. The molecule has 1 heteroatoms. The van der Waals surface area contributed by atoms with Crippen molar-refractivity contribution in [1.82, 2.24) is 5.32 Å². The fraction of sp³-hybridized carbons (Fsp3) is 0.667. The third kappa shape index (κ3) is 4.07. The Morgan fingerprint density at radius 1 is 1.26 bits per heavy atom. The van der Waals surface area contributed by atoms with E-state index in [0.717, 1.165) is 5.92 Å². The van der Waals surface area contributed by atoms with E-state index in [1.165, 1.54) is 32.1 Å². The molecule has 1 aliphatic carbocycles. The smallest absolute Gasteiger partial charge is 0.00748 e. The van der Waals surface area contributed by atoms with Crippen molar-refractivity contribution in [3.8, 4) is 0 Å². The van der Waals surface area contributed by atoms with Gasteiger partial charge in [-0.3, -0.25) is 0 Å². The third-order valence-electron chi connectivity index (χ3n) is 4.33. The average Bonchev–Trinajstić information content (AvgIpc) is 2.37. The summed E-state index contributed by atoms with van der Waals surface area (Å²) in [5.41, 5.74) is 3.61. The highest BCUT2D eigenvalue weighted by Crippen LogP contribution is 2.36. The molecule has 2 unspecified atom stereocenters. The lowest BCUT2D eigenvalue weighted by molar-refractivity contribution is 0.291. The number of aryl methyl sites for hydroxylation is 1. The SMILES string of the molecule is CNC(CC1CCCc2ccccc21)CC(C)(C)C. The van der Waals surface area contributed by atoms with E-state index in [2.05, 4.69) is 57.4 Å². The van der Waals surface area contributed by atoms with Gasteiger partial charge in [0.25, 0.3) is 0 Å². The van der Waals surface area contributed by atoms with Crippen LogP contribution in [0.15, 0.2) is 24.3 Å². The highest BCUT2D eigenvalue weighted by Gasteiger charge is 2.25. The molecule has 0 aliphatic heterocycles. The van der Waals surface area contributed by atoms with Crippen molar-refractivity contribution in [2.75, 3.05) is 7.05 Å². The molecule has 1 aliphatic rings. The Balaban J connectivity index is 2.07. The van der Waals surface area contributed by atoms with Crippen LogP contribution in [0.3, 0.4) is 0 Å². The average molecular weight is 259 g/mol. The lowest BCUT2D eigenvalue weighted by atomic mass is 9.77. The molecule has 1 nitrogen and oxygen atoms in total. The summed E-state index contributed by atoms with van der Waals surface area (Å²) in [6.45, 7) is 7.02. The van der Waals surface area contributed by atoms with E-state index in [9.17, 15) is 0 Å². The molecule has 2 atom stereocenters. The molecule has 0 saturated heterocycles. The Labute approximate surface area is 118 Å². The van der Waals surface area contributed by atoms with Crippen LogP contribution in [0.4, 0.5) is 0 Å². The molecular weight excluding hydrogens is 230 g/mol. The van der Waals surface area contributed by atoms with Crippen molar-refractivity contribution in [1.29, 1.82) is 0 Å². The predicted octanol–water partition coefficient (Wildman–Crippen LogP) is 4.52. The number of hydrogen-bond donors (Lipinski definition) is 1. The third-order valence-corrected chi connectivity index (χ3v) is 4.33. The van der Waals surface area contributed by atoms with Gasteiger partial charge in [-0.1, -0.05) is 45.0 Å². The van der Waals surface area contributed by atoms with E-state index in [-0.39, 0.29) is 0 Å². The van der Waals surface area contributed by atoms with E-state index < -0.39 is 0 Å². The van der Waals surface area contributed by atoms with E-state index in [0.29, 0.717) is 11.5 Å². The van der Waals surface area contributed by atoms with Crippen LogP contribution in [0.25, 0.3) is 0 Å². The first-order valence-corrected chi connectivity index (χ1v) is 7.74. The van der Waals surface area contributed by atoms with Crippen LogP contribution >= 0.6 is 0 Å². The van der Waals surface area contributed by atoms with Gasteiger partial charge in [0.1, 0.15) is 0 Å². The van der Waals surface area contributed by atoms with Crippen molar-refractivity contribution >= 4 is 0 Å². The van der Waals surface area contributed by atoms with Gasteiger partial charge < -0.3 is 5.32 Å². The monoisotopic (exact) mass is 259 g/mol. The Bertz CT molecular complexity index is 402. The van der Waals surface area contributed by atoms with Crippen LogP contribution in [0.1, 0.15) is 63.5 Å². The second-order valence-electron chi connectivity index (χ2n) is 7.27. The van der Waals surface area contributed by atoms with Gasteiger partial charge in [-0.25, -0.2) is 0 Å². The highest BCUT2D eigenvalue weighted by atomic mass is 14.9. The van der Waals surface area contributed by atoms with Crippen LogP contribution in [-0.2, 0) is 6.42 Å². The quantitative estimate of drug-likeness (QED) is 0.838. The molecule has 0 heterocycles. The zero-order valence-electron chi connectivity index (χ0n) is 13.0. The summed E-state index contributed by atoms with van der Waals surface area (Å²) in [5, 5.41) is 3.54. The van der Waals surface area contributed by atoms with Crippen molar-refractivity contribution in [3.05, 3.63) is 35.4 Å². The summed E-state index contributed by atoms with van der Waals surface area (Å²) in [5.74, 6) is 0.754. The first kappa shape index (κ1) is 14.6. The topological polar surface area (TPSA) is 12.0 Å². The van der Waals surface area contributed by atoms with Crippen LogP contribution < -0.4 is 5.32 Å². The van der Waals surface area contributed by atoms with Crippen molar-refractivity contribution in [2.45, 2.75) is 64.8 Å². The van der Waals surface area contributed by atoms with Gasteiger partial charge in [0.05, 0.1) is 0 Å². The maximum atomic E-state index is 3.54. The fourth-order valence-electron chi connectivity index (χ4n) is 3.49. The van der Waals surface area contributed by atoms with Gasteiger partial charge in [0.15, 0.2) is 0 Å². The van der Waals surface area contributed by atoms with Crippen LogP contribution in [0.5, 0.6) is 0 Å². The van der Waals surface area contributed by atoms with Crippen molar-refractivity contribution in [2.24, 2.45) is 5.41 Å². The number of rotatable bonds is 4. The van der Waals surface area contributed by atoms with Gasteiger partial charge in [-0.05, 0) is 61.6 Å². The number of benzene rings is 1. The Morgan fingerprint density at radius 2 is 2.00 bits per heavy atom. The first-order chi connectivity index (χ1) is 8.99. The van der Waals surface area contributed by atoms with Gasteiger partial charge >= 0.3 is 0 Å². The van der Waals surface area contributed by atoms with Crippen molar-refractivity contribution < 1.29 is 0 Å². The van der Waals surface area contributed by atoms with Crippen LogP contribution in [-0.4, -0.2) is 13.1 Å². The zero-order chi connectivity index (χ0) is 13.9. The molecule has 19 heavy (non-hydrogen) atoms. The summed E-state index contributed by atoms with van der Waals surface area (Å²) >= 11 is 0. The first-order valence-electron chi connectivity index (χ1n) is 7.74. The molecule has 0 aromatic heterocycles. The van der Waals surface area contributed by atoms with E-state index in [4.69, 9.17) is 0 Å². The second kappa shape index (κ2) is 6.09. The predicted molar refractivity (Wildman–Crippen MR) is 83.7 cm³/mol. The minimum Gasteiger partial charge on any atom is -0.317 e. The zero-order valence-corrected chi connectivity index (χ0v) is 13.0. The number of hydrogen-bond acceptors (Lipinski definition) is 1. The number of nitrogens with one attached hydrogen (secondary N) is 1. The molecule has 2 rings (SSSR count). The lowest BCUT2D eigenvalue weighted by Gasteiger charge is -2.32.